The molecule has 4 nitrogen and oxygen atoms in total. The van der Waals surface area contributed by atoms with Crippen LogP contribution in [0.5, 0.6) is 11.5 Å². The number of aliphatic hydroxyl groups is 1. The highest BCUT2D eigenvalue weighted by Crippen LogP contribution is 2.32. The van der Waals surface area contributed by atoms with Gasteiger partial charge in [0.05, 0.1) is 0 Å². The predicted octanol–water partition coefficient (Wildman–Crippen LogP) is 2.39. The van der Waals surface area contributed by atoms with Gasteiger partial charge in [0, 0.05) is 12.1 Å². The molecule has 0 bridgehead atoms. The van der Waals surface area contributed by atoms with Crippen molar-refractivity contribution in [3.05, 3.63) is 24.3 Å². The lowest BCUT2D eigenvalue weighted by atomic mass is 9.93. The summed E-state index contributed by atoms with van der Waals surface area (Å²) in [7, 11) is 0. The SMILES string of the molecule is CCC(NC(C)C)C1(O)COc2ccccc2OC1.Cl. The van der Waals surface area contributed by atoms with Crippen LogP contribution in [0.3, 0.4) is 0 Å². The molecule has 1 aromatic carbocycles. The third-order valence-electron chi connectivity index (χ3n) is 3.40. The van der Waals surface area contributed by atoms with Gasteiger partial charge in [-0.05, 0) is 18.6 Å². The molecule has 20 heavy (non-hydrogen) atoms. The van der Waals surface area contributed by atoms with Gasteiger partial charge in [-0.15, -0.1) is 12.4 Å². The highest BCUT2D eigenvalue weighted by molar-refractivity contribution is 5.85. The maximum absolute atomic E-state index is 10.8. The van der Waals surface area contributed by atoms with E-state index in [0.717, 1.165) is 6.42 Å². The predicted molar refractivity (Wildman–Crippen MR) is 82.0 cm³/mol. The molecule has 0 saturated heterocycles. The number of para-hydroxylation sites is 2. The summed E-state index contributed by atoms with van der Waals surface area (Å²) in [5.41, 5.74) is -1.02. The van der Waals surface area contributed by atoms with Crippen LogP contribution in [0.15, 0.2) is 24.3 Å². The number of halogens is 1. The summed E-state index contributed by atoms with van der Waals surface area (Å²) < 4.78 is 11.4. The maximum atomic E-state index is 10.8. The number of fused-ring (bicyclic) bond motifs is 1. The standard InChI is InChI=1S/C15H23NO3.ClH/c1-4-14(16-11(2)3)15(17)9-18-12-7-5-6-8-13(12)19-10-15;/h5-8,11,14,16-17H,4,9-10H2,1-3H3;1H. The largest absolute Gasteiger partial charge is 0.486 e. The number of hydrogen-bond donors (Lipinski definition) is 2. The Morgan fingerprint density at radius 2 is 1.70 bits per heavy atom. The zero-order chi connectivity index (χ0) is 13.9. The zero-order valence-electron chi connectivity index (χ0n) is 12.3. The smallest absolute Gasteiger partial charge is 0.161 e. The van der Waals surface area contributed by atoms with Crippen molar-refractivity contribution in [2.75, 3.05) is 13.2 Å². The van der Waals surface area contributed by atoms with Gasteiger partial charge in [-0.3, -0.25) is 0 Å². The Labute approximate surface area is 126 Å². The fourth-order valence-corrected chi connectivity index (χ4v) is 2.39. The van der Waals surface area contributed by atoms with Gasteiger partial charge in [0.2, 0.25) is 0 Å². The summed E-state index contributed by atoms with van der Waals surface area (Å²) in [6.07, 6.45) is 0.817. The topological polar surface area (TPSA) is 50.7 Å². The Morgan fingerprint density at radius 3 is 2.10 bits per heavy atom. The monoisotopic (exact) mass is 301 g/mol. The van der Waals surface area contributed by atoms with Crippen molar-refractivity contribution in [3.8, 4) is 11.5 Å². The lowest BCUT2D eigenvalue weighted by Gasteiger charge is -2.35. The van der Waals surface area contributed by atoms with Crippen molar-refractivity contribution in [1.82, 2.24) is 5.32 Å². The highest BCUT2D eigenvalue weighted by Gasteiger charge is 2.40. The summed E-state index contributed by atoms with van der Waals surface area (Å²) in [6, 6.07) is 7.77. The second-order valence-electron chi connectivity index (χ2n) is 5.41. The van der Waals surface area contributed by atoms with Gasteiger partial charge >= 0.3 is 0 Å². The van der Waals surface area contributed by atoms with Gasteiger partial charge in [0.1, 0.15) is 18.8 Å². The highest BCUT2D eigenvalue weighted by atomic mass is 35.5. The van der Waals surface area contributed by atoms with Crippen LogP contribution in [-0.2, 0) is 0 Å². The molecule has 1 heterocycles. The van der Waals surface area contributed by atoms with E-state index in [0.29, 0.717) is 17.5 Å². The van der Waals surface area contributed by atoms with Gasteiger partial charge in [0.15, 0.2) is 11.5 Å². The zero-order valence-corrected chi connectivity index (χ0v) is 13.1. The van der Waals surface area contributed by atoms with Crippen molar-refractivity contribution in [1.29, 1.82) is 0 Å². The first-order valence-corrected chi connectivity index (χ1v) is 6.88. The third kappa shape index (κ3) is 3.78. The van der Waals surface area contributed by atoms with Crippen molar-refractivity contribution in [2.45, 2.75) is 44.9 Å². The van der Waals surface area contributed by atoms with Crippen LogP contribution in [0.4, 0.5) is 0 Å². The molecular weight excluding hydrogens is 278 g/mol. The number of hydrogen-bond acceptors (Lipinski definition) is 4. The summed E-state index contributed by atoms with van der Waals surface area (Å²) in [6.45, 7) is 6.67. The number of ether oxygens (including phenoxy) is 2. The molecule has 5 heteroatoms. The molecule has 0 amide bonds. The Kier molecular flexibility index (Phi) is 6.11. The van der Waals surface area contributed by atoms with E-state index >= 15 is 0 Å². The first-order valence-electron chi connectivity index (χ1n) is 6.88. The molecule has 0 fully saturated rings. The van der Waals surface area contributed by atoms with E-state index in [-0.39, 0.29) is 31.7 Å². The van der Waals surface area contributed by atoms with Crippen LogP contribution < -0.4 is 14.8 Å². The molecule has 0 saturated carbocycles. The van der Waals surface area contributed by atoms with Gasteiger partial charge in [0.25, 0.3) is 0 Å². The second kappa shape index (κ2) is 7.16. The summed E-state index contributed by atoms with van der Waals surface area (Å²) in [5.74, 6) is 1.38. The molecule has 0 aromatic heterocycles. The van der Waals surface area contributed by atoms with E-state index in [2.05, 4.69) is 26.1 Å². The van der Waals surface area contributed by atoms with Crippen molar-refractivity contribution in [3.63, 3.8) is 0 Å². The first kappa shape index (κ1) is 17.1. The second-order valence-corrected chi connectivity index (χ2v) is 5.41. The van der Waals surface area contributed by atoms with Crippen molar-refractivity contribution < 1.29 is 14.6 Å². The average molecular weight is 302 g/mol. The molecule has 1 unspecified atom stereocenters. The molecule has 1 aliphatic heterocycles. The van der Waals surface area contributed by atoms with Gasteiger partial charge in [-0.2, -0.15) is 0 Å². The number of nitrogens with one attached hydrogen (secondary N) is 1. The number of benzene rings is 1. The van der Waals surface area contributed by atoms with Crippen LogP contribution in [0.2, 0.25) is 0 Å². The Balaban J connectivity index is 0.00000200. The molecular formula is C15H24ClNO3. The summed E-state index contributed by atoms with van der Waals surface area (Å²) in [5, 5.41) is 14.2. The minimum absolute atomic E-state index is 0. The van der Waals surface area contributed by atoms with Crippen LogP contribution in [-0.4, -0.2) is 36.0 Å². The fourth-order valence-electron chi connectivity index (χ4n) is 2.39. The minimum Gasteiger partial charge on any atom is -0.486 e. The van der Waals surface area contributed by atoms with E-state index in [9.17, 15) is 5.11 Å². The lowest BCUT2D eigenvalue weighted by molar-refractivity contribution is -0.0593. The van der Waals surface area contributed by atoms with Crippen LogP contribution in [0, 0.1) is 0 Å². The van der Waals surface area contributed by atoms with E-state index < -0.39 is 5.60 Å². The minimum atomic E-state index is -1.02. The molecule has 2 N–H and O–H groups in total. The van der Waals surface area contributed by atoms with E-state index in [1.807, 2.05) is 24.3 Å². The van der Waals surface area contributed by atoms with E-state index in [4.69, 9.17) is 9.47 Å². The van der Waals surface area contributed by atoms with Gasteiger partial charge in [-0.25, -0.2) is 0 Å². The third-order valence-corrected chi connectivity index (χ3v) is 3.40. The first-order chi connectivity index (χ1) is 9.05. The Hall–Kier alpha value is -0.970. The maximum Gasteiger partial charge on any atom is 0.161 e. The van der Waals surface area contributed by atoms with Crippen LogP contribution in [0.1, 0.15) is 27.2 Å². The molecule has 114 valence electrons. The molecule has 0 radical (unpaired) electrons. The van der Waals surface area contributed by atoms with Gasteiger partial charge < -0.3 is 19.9 Å². The Morgan fingerprint density at radius 1 is 1.20 bits per heavy atom. The molecule has 1 aliphatic rings. The molecule has 1 atom stereocenters. The Bertz CT molecular complexity index is 398. The fraction of sp³-hybridized carbons (Fsp3) is 0.600. The molecule has 0 aliphatic carbocycles. The number of rotatable bonds is 4. The quantitative estimate of drug-likeness (QED) is 0.896. The normalized spacial score (nSPS) is 18.1. The van der Waals surface area contributed by atoms with Crippen LogP contribution in [0.25, 0.3) is 0 Å². The van der Waals surface area contributed by atoms with Crippen molar-refractivity contribution >= 4 is 12.4 Å². The lowest BCUT2D eigenvalue weighted by Crippen LogP contribution is -2.58. The van der Waals surface area contributed by atoms with E-state index in [1.54, 1.807) is 0 Å². The van der Waals surface area contributed by atoms with Crippen LogP contribution >= 0.6 is 12.4 Å². The molecule has 1 aromatic rings. The average Bonchev–Trinajstić information content (AvgIpc) is 2.57. The summed E-state index contributed by atoms with van der Waals surface area (Å²) >= 11 is 0. The summed E-state index contributed by atoms with van der Waals surface area (Å²) in [4.78, 5) is 0. The van der Waals surface area contributed by atoms with Crippen molar-refractivity contribution in [2.24, 2.45) is 0 Å². The molecule has 2 rings (SSSR count). The van der Waals surface area contributed by atoms with Gasteiger partial charge in [-0.1, -0.05) is 32.9 Å². The van der Waals surface area contributed by atoms with E-state index in [1.165, 1.54) is 0 Å². The molecule has 0 spiro atoms.